The number of hydrogen-bond acceptors (Lipinski definition) is 4. The summed E-state index contributed by atoms with van der Waals surface area (Å²) in [4.78, 5) is 23.7. The molecule has 0 atom stereocenters. The number of carbonyl (C=O) groups excluding carboxylic acids is 2. The Kier molecular flexibility index (Phi) is 6.06. The normalized spacial score (nSPS) is 15.0. The van der Waals surface area contributed by atoms with Crippen LogP contribution in [0.15, 0.2) is 24.3 Å². The van der Waals surface area contributed by atoms with Crippen LogP contribution in [-0.2, 0) is 9.59 Å². The zero-order valence-corrected chi connectivity index (χ0v) is 12.9. The van der Waals surface area contributed by atoms with E-state index >= 15 is 0 Å². The number of benzene rings is 1. The number of ether oxygens (including phenoxy) is 1. The molecule has 0 spiro atoms. The van der Waals surface area contributed by atoms with Crippen molar-refractivity contribution in [3.8, 4) is 5.75 Å². The van der Waals surface area contributed by atoms with Crippen molar-refractivity contribution in [2.45, 2.75) is 32.1 Å². The summed E-state index contributed by atoms with van der Waals surface area (Å²) in [6, 6.07) is 7.35. The van der Waals surface area contributed by atoms with E-state index in [-0.39, 0.29) is 24.3 Å². The molecular formula is C16H23N3O3. The van der Waals surface area contributed by atoms with Crippen LogP contribution < -0.4 is 20.9 Å². The van der Waals surface area contributed by atoms with Gasteiger partial charge in [0, 0.05) is 5.92 Å². The van der Waals surface area contributed by atoms with E-state index in [4.69, 9.17) is 4.74 Å². The minimum absolute atomic E-state index is 0.0243. The van der Waals surface area contributed by atoms with Crippen molar-refractivity contribution >= 4 is 17.5 Å². The fraction of sp³-hybridized carbons (Fsp3) is 0.500. The smallest absolute Gasteiger partial charge is 0.257 e. The van der Waals surface area contributed by atoms with Crippen LogP contribution in [0.25, 0.3) is 0 Å². The topological polar surface area (TPSA) is 79.5 Å². The van der Waals surface area contributed by atoms with Crippen LogP contribution in [0.5, 0.6) is 5.75 Å². The van der Waals surface area contributed by atoms with E-state index < -0.39 is 0 Å². The Bertz CT molecular complexity index is 513. The van der Waals surface area contributed by atoms with Gasteiger partial charge in [0.2, 0.25) is 5.91 Å². The van der Waals surface area contributed by atoms with E-state index in [9.17, 15) is 9.59 Å². The van der Waals surface area contributed by atoms with Crippen molar-refractivity contribution in [1.82, 2.24) is 10.9 Å². The Balaban J connectivity index is 1.72. The molecule has 22 heavy (non-hydrogen) atoms. The van der Waals surface area contributed by atoms with Crippen LogP contribution in [0.4, 0.5) is 5.69 Å². The van der Waals surface area contributed by atoms with E-state index in [0.717, 1.165) is 31.4 Å². The molecule has 120 valence electrons. The molecule has 1 aliphatic carbocycles. The van der Waals surface area contributed by atoms with Gasteiger partial charge in [-0.15, -0.1) is 0 Å². The number of amides is 2. The van der Waals surface area contributed by atoms with Crippen LogP contribution in [0.3, 0.4) is 0 Å². The first kappa shape index (κ1) is 16.1. The molecule has 1 aromatic carbocycles. The summed E-state index contributed by atoms with van der Waals surface area (Å²) >= 11 is 0. The fourth-order valence-electron chi connectivity index (χ4n) is 2.61. The minimum Gasteiger partial charge on any atom is -0.495 e. The van der Waals surface area contributed by atoms with E-state index in [0.29, 0.717) is 5.75 Å². The summed E-state index contributed by atoms with van der Waals surface area (Å²) in [5.41, 5.74) is 5.69. The molecule has 0 saturated heterocycles. The number of rotatable bonds is 5. The number of carbonyl (C=O) groups is 2. The molecule has 0 aromatic heterocycles. The van der Waals surface area contributed by atoms with E-state index in [2.05, 4.69) is 16.2 Å². The first-order valence-electron chi connectivity index (χ1n) is 7.66. The fourth-order valence-corrected chi connectivity index (χ4v) is 2.61. The molecule has 0 radical (unpaired) electrons. The van der Waals surface area contributed by atoms with Gasteiger partial charge in [0.05, 0.1) is 19.3 Å². The molecule has 0 heterocycles. The zero-order valence-electron chi connectivity index (χ0n) is 12.9. The minimum atomic E-state index is -0.296. The summed E-state index contributed by atoms with van der Waals surface area (Å²) in [5.74, 6) is 0.304. The van der Waals surface area contributed by atoms with Crippen molar-refractivity contribution < 1.29 is 14.3 Å². The lowest BCUT2D eigenvalue weighted by Gasteiger charge is -2.20. The number of methoxy groups -OCH3 is 1. The molecule has 6 heteroatoms. The molecule has 0 unspecified atom stereocenters. The number of para-hydroxylation sites is 2. The third kappa shape index (κ3) is 4.65. The predicted octanol–water partition coefficient (Wildman–Crippen LogP) is 1.83. The molecule has 1 aliphatic rings. The Morgan fingerprint density at radius 2 is 1.86 bits per heavy atom. The first-order chi connectivity index (χ1) is 10.7. The summed E-state index contributed by atoms with van der Waals surface area (Å²) in [5, 5.41) is 2.98. The molecule has 0 aliphatic heterocycles. The molecule has 1 aromatic rings. The molecule has 6 nitrogen and oxygen atoms in total. The van der Waals surface area contributed by atoms with Gasteiger partial charge < -0.3 is 10.1 Å². The van der Waals surface area contributed by atoms with Gasteiger partial charge in [-0.2, -0.15) is 0 Å². The van der Waals surface area contributed by atoms with Gasteiger partial charge in [0.25, 0.3) is 5.91 Å². The lowest BCUT2D eigenvalue weighted by molar-refractivity contribution is -0.131. The van der Waals surface area contributed by atoms with Crippen molar-refractivity contribution in [3.05, 3.63) is 24.3 Å². The summed E-state index contributed by atoms with van der Waals surface area (Å²) in [6.07, 6.45) is 5.17. The Hall–Kier alpha value is -2.24. The first-order valence-corrected chi connectivity index (χ1v) is 7.66. The summed E-state index contributed by atoms with van der Waals surface area (Å²) < 4.78 is 5.19. The standard InChI is InChI=1S/C16H23N3O3/c1-22-14-10-6-5-9-13(14)17-11-15(20)18-19-16(21)12-7-3-2-4-8-12/h5-6,9-10,12,17H,2-4,7-8,11H2,1H3,(H,18,20)(H,19,21). The maximum absolute atomic E-state index is 11.9. The largest absolute Gasteiger partial charge is 0.495 e. The van der Waals surface area contributed by atoms with Gasteiger partial charge in [-0.25, -0.2) is 0 Å². The molecule has 2 amide bonds. The Morgan fingerprint density at radius 1 is 1.14 bits per heavy atom. The van der Waals surface area contributed by atoms with Gasteiger partial charge in [0.1, 0.15) is 5.75 Å². The third-order valence-corrected chi connectivity index (χ3v) is 3.85. The van der Waals surface area contributed by atoms with Crippen LogP contribution in [0, 0.1) is 5.92 Å². The number of nitrogens with one attached hydrogen (secondary N) is 3. The number of anilines is 1. The lowest BCUT2D eigenvalue weighted by Crippen LogP contribution is -2.46. The van der Waals surface area contributed by atoms with Crippen LogP contribution in [-0.4, -0.2) is 25.5 Å². The molecule has 0 bridgehead atoms. The van der Waals surface area contributed by atoms with Crippen molar-refractivity contribution in [1.29, 1.82) is 0 Å². The lowest BCUT2D eigenvalue weighted by atomic mass is 9.89. The molecule has 2 rings (SSSR count). The second kappa shape index (κ2) is 8.26. The van der Waals surface area contributed by atoms with Gasteiger partial charge >= 0.3 is 0 Å². The maximum Gasteiger partial charge on any atom is 0.257 e. The second-order valence-electron chi connectivity index (χ2n) is 5.43. The predicted molar refractivity (Wildman–Crippen MR) is 84.3 cm³/mol. The Labute approximate surface area is 130 Å². The zero-order chi connectivity index (χ0) is 15.8. The maximum atomic E-state index is 11.9. The van der Waals surface area contributed by atoms with Crippen LogP contribution >= 0.6 is 0 Å². The second-order valence-corrected chi connectivity index (χ2v) is 5.43. The van der Waals surface area contributed by atoms with E-state index in [1.165, 1.54) is 6.42 Å². The SMILES string of the molecule is COc1ccccc1NCC(=O)NNC(=O)C1CCCCC1. The third-order valence-electron chi connectivity index (χ3n) is 3.85. The van der Waals surface area contributed by atoms with Gasteiger partial charge in [-0.1, -0.05) is 31.4 Å². The average molecular weight is 305 g/mol. The summed E-state index contributed by atoms with van der Waals surface area (Å²) in [6.45, 7) is 0.0608. The highest BCUT2D eigenvalue weighted by molar-refractivity contribution is 5.85. The quantitative estimate of drug-likeness (QED) is 0.725. The van der Waals surface area contributed by atoms with Crippen LogP contribution in [0.1, 0.15) is 32.1 Å². The number of hydrazine groups is 1. The van der Waals surface area contributed by atoms with E-state index in [1.807, 2.05) is 24.3 Å². The van der Waals surface area contributed by atoms with E-state index in [1.54, 1.807) is 7.11 Å². The van der Waals surface area contributed by atoms with Crippen molar-refractivity contribution in [2.75, 3.05) is 19.0 Å². The number of hydrogen-bond donors (Lipinski definition) is 3. The van der Waals surface area contributed by atoms with Crippen LogP contribution in [0.2, 0.25) is 0 Å². The van der Waals surface area contributed by atoms with Gasteiger partial charge in [0.15, 0.2) is 0 Å². The Morgan fingerprint density at radius 3 is 2.59 bits per heavy atom. The van der Waals surface area contributed by atoms with Gasteiger partial charge in [-0.05, 0) is 25.0 Å². The monoisotopic (exact) mass is 305 g/mol. The van der Waals surface area contributed by atoms with Crippen molar-refractivity contribution in [3.63, 3.8) is 0 Å². The molecule has 1 saturated carbocycles. The highest BCUT2D eigenvalue weighted by Crippen LogP contribution is 2.23. The average Bonchev–Trinajstić information content (AvgIpc) is 2.58. The molecule has 3 N–H and O–H groups in total. The molecular weight excluding hydrogens is 282 g/mol. The molecule has 1 fully saturated rings. The van der Waals surface area contributed by atoms with Crippen molar-refractivity contribution in [2.24, 2.45) is 5.92 Å². The van der Waals surface area contributed by atoms with Gasteiger partial charge in [-0.3, -0.25) is 20.4 Å². The highest BCUT2D eigenvalue weighted by atomic mass is 16.5. The summed E-state index contributed by atoms with van der Waals surface area (Å²) in [7, 11) is 1.57. The highest BCUT2D eigenvalue weighted by Gasteiger charge is 2.21.